The third kappa shape index (κ3) is 4.67. The maximum absolute atomic E-state index is 11.9. The summed E-state index contributed by atoms with van der Waals surface area (Å²) in [5.74, 6) is -0.0119. The molecule has 0 fully saturated rings. The fraction of sp³-hybridized carbons (Fsp3) is 0.417. The Kier molecular flexibility index (Phi) is 7.56. The summed E-state index contributed by atoms with van der Waals surface area (Å²) in [5, 5.41) is 13.5. The van der Waals surface area contributed by atoms with E-state index in [9.17, 15) is 14.9 Å². The number of hydrogen-bond acceptors (Lipinski definition) is 5. The number of halogens is 1. The van der Waals surface area contributed by atoms with Gasteiger partial charge >= 0.3 is 0 Å². The van der Waals surface area contributed by atoms with Crippen molar-refractivity contribution >= 4 is 24.0 Å². The summed E-state index contributed by atoms with van der Waals surface area (Å²) in [6.45, 7) is 2.67. The van der Waals surface area contributed by atoms with Crippen LogP contribution in [0, 0.1) is 16.0 Å². The lowest BCUT2D eigenvalue weighted by molar-refractivity contribution is -0.385. The molecule has 0 aliphatic rings. The van der Waals surface area contributed by atoms with Gasteiger partial charge in [-0.25, -0.2) is 0 Å². The molecule has 0 aliphatic carbocycles. The van der Waals surface area contributed by atoms with E-state index in [4.69, 9.17) is 10.5 Å². The van der Waals surface area contributed by atoms with Gasteiger partial charge in [-0.3, -0.25) is 14.9 Å². The fourth-order valence-corrected chi connectivity index (χ4v) is 1.43. The number of hydrogen-bond donors (Lipinski definition) is 2. The van der Waals surface area contributed by atoms with Gasteiger partial charge in [0.25, 0.3) is 11.6 Å². The van der Waals surface area contributed by atoms with E-state index < -0.39 is 10.8 Å². The van der Waals surface area contributed by atoms with Crippen molar-refractivity contribution in [1.29, 1.82) is 0 Å². The number of nitro benzene ring substituents is 1. The van der Waals surface area contributed by atoms with E-state index >= 15 is 0 Å². The first-order chi connectivity index (χ1) is 8.99. The standard InChI is InChI=1S/C12H17N3O4.ClH/c1-8(6-13)7-14-12(16)10-5-9(19-2)3-4-11(10)15(17)18;/h3-5,8H,6-7,13H2,1-2H3,(H,14,16);1H. The van der Waals surface area contributed by atoms with Crippen LogP contribution in [0.1, 0.15) is 17.3 Å². The van der Waals surface area contributed by atoms with Gasteiger partial charge < -0.3 is 15.8 Å². The first-order valence-electron chi connectivity index (χ1n) is 5.80. The van der Waals surface area contributed by atoms with Crippen LogP contribution in [0.5, 0.6) is 5.75 Å². The van der Waals surface area contributed by atoms with E-state index in [1.165, 1.54) is 25.3 Å². The van der Waals surface area contributed by atoms with Crippen LogP contribution in [0.15, 0.2) is 18.2 Å². The summed E-state index contributed by atoms with van der Waals surface area (Å²) in [4.78, 5) is 22.2. The normalized spacial score (nSPS) is 11.2. The van der Waals surface area contributed by atoms with Crippen LogP contribution in [-0.4, -0.2) is 31.0 Å². The summed E-state index contributed by atoms with van der Waals surface area (Å²) < 4.78 is 4.96. The van der Waals surface area contributed by atoms with Crippen molar-refractivity contribution in [2.45, 2.75) is 6.92 Å². The number of nitrogens with one attached hydrogen (secondary N) is 1. The molecule has 7 nitrogen and oxygen atoms in total. The highest BCUT2D eigenvalue weighted by atomic mass is 35.5. The minimum atomic E-state index is -0.597. The zero-order chi connectivity index (χ0) is 14.4. The molecule has 0 heterocycles. The highest BCUT2D eigenvalue weighted by Crippen LogP contribution is 2.23. The van der Waals surface area contributed by atoms with Gasteiger partial charge in [0.2, 0.25) is 0 Å². The Hall–Kier alpha value is -1.86. The van der Waals surface area contributed by atoms with Gasteiger partial charge in [-0.1, -0.05) is 6.92 Å². The molecular formula is C12H18ClN3O4. The SMILES string of the molecule is COc1ccc([N+](=O)[O-])c(C(=O)NCC(C)CN)c1.Cl. The number of rotatable bonds is 6. The molecule has 1 amide bonds. The van der Waals surface area contributed by atoms with Crippen LogP contribution in [0.3, 0.4) is 0 Å². The number of ether oxygens (including phenoxy) is 1. The Morgan fingerprint density at radius 1 is 1.55 bits per heavy atom. The van der Waals surface area contributed by atoms with Gasteiger partial charge in [0.15, 0.2) is 0 Å². The molecule has 0 spiro atoms. The Balaban J connectivity index is 0.00000361. The molecule has 112 valence electrons. The minimum absolute atomic E-state index is 0. The zero-order valence-corrected chi connectivity index (χ0v) is 12.1. The molecule has 1 atom stereocenters. The third-order valence-electron chi connectivity index (χ3n) is 2.66. The molecule has 8 heteroatoms. The van der Waals surface area contributed by atoms with E-state index in [0.717, 1.165) is 0 Å². The topological polar surface area (TPSA) is 107 Å². The lowest BCUT2D eigenvalue weighted by atomic mass is 10.1. The number of nitro groups is 1. The number of nitrogens with two attached hydrogens (primary N) is 1. The Morgan fingerprint density at radius 2 is 2.20 bits per heavy atom. The van der Waals surface area contributed by atoms with Gasteiger partial charge in [0.05, 0.1) is 12.0 Å². The highest BCUT2D eigenvalue weighted by Gasteiger charge is 2.21. The van der Waals surface area contributed by atoms with Crippen LogP contribution in [0.25, 0.3) is 0 Å². The molecule has 0 bridgehead atoms. The van der Waals surface area contributed by atoms with Crippen LogP contribution in [0.2, 0.25) is 0 Å². The second-order valence-electron chi connectivity index (χ2n) is 4.19. The first kappa shape index (κ1) is 18.1. The predicted octanol–water partition coefficient (Wildman–Crippen LogP) is 1.35. The maximum Gasteiger partial charge on any atom is 0.282 e. The van der Waals surface area contributed by atoms with E-state index in [1.807, 2.05) is 6.92 Å². The number of amides is 1. The van der Waals surface area contributed by atoms with Crippen LogP contribution in [0.4, 0.5) is 5.69 Å². The Bertz CT molecular complexity index is 482. The second-order valence-corrected chi connectivity index (χ2v) is 4.19. The second kappa shape index (κ2) is 8.34. The molecule has 1 aromatic rings. The number of carbonyl (C=O) groups excluding carboxylic acids is 1. The van der Waals surface area contributed by atoms with Crippen molar-refractivity contribution < 1.29 is 14.5 Å². The molecule has 1 aromatic carbocycles. The third-order valence-corrected chi connectivity index (χ3v) is 2.66. The van der Waals surface area contributed by atoms with Crippen molar-refractivity contribution in [1.82, 2.24) is 5.32 Å². The highest BCUT2D eigenvalue weighted by molar-refractivity contribution is 5.98. The van der Waals surface area contributed by atoms with Crippen molar-refractivity contribution in [2.75, 3.05) is 20.2 Å². The van der Waals surface area contributed by atoms with Crippen LogP contribution >= 0.6 is 12.4 Å². The Morgan fingerprint density at radius 3 is 2.70 bits per heavy atom. The lowest BCUT2D eigenvalue weighted by Crippen LogP contribution is -2.31. The molecule has 0 radical (unpaired) electrons. The predicted molar refractivity (Wildman–Crippen MR) is 77.4 cm³/mol. The monoisotopic (exact) mass is 303 g/mol. The van der Waals surface area contributed by atoms with Crippen LogP contribution < -0.4 is 15.8 Å². The average molecular weight is 304 g/mol. The zero-order valence-electron chi connectivity index (χ0n) is 11.3. The van der Waals surface area contributed by atoms with Gasteiger partial charge in [0, 0.05) is 12.6 Å². The van der Waals surface area contributed by atoms with Gasteiger partial charge in [-0.2, -0.15) is 0 Å². The Labute approximate surface area is 123 Å². The molecule has 1 rings (SSSR count). The van der Waals surface area contributed by atoms with Gasteiger partial charge in [0.1, 0.15) is 11.3 Å². The number of benzene rings is 1. The van der Waals surface area contributed by atoms with E-state index in [2.05, 4.69) is 5.32 Å². The molecule has 0 aliphatic heterocycles. The van der Waals surface area contributed by atoms with E-state index in [0.29, 0.717) is 18.8 Å². The van der Waals surface area contributed by atoms with Crippen molar-refractivity contribution in [2.24, 2.45) is 11.7 Å². The molecule has 1 unspecified atom stereocenters. The van der Waals surface area contributed by atoms with Crippen molar-refractivity contribution in [3.05, 3.63) is 33.9 Å². The average Bonchev–Trinajstić information content (AvgIpc) is 2.43. The minimum Gasteiger partial charge on any atom is -0.497 e. The quantitative estimate of drug-likeness (QED) is 0.609. The first-order valence-corrected chi connectivity index (χ1v) is 5.80. The lowest BCUT2D eigenvalue weighted by Gasteiger charge is -2.10. The van der Waals surface area contributed by atoms with Gasteiger partial charge in [-0.15, -0.1) is 12.4 Å². The molecule has 20 heavy (non-hydrogen) atoms. The molecular weight excluding hydrogens is 286 g/mol. The van der Waals surface area contributed by atoms with Crippen molar-refractivity contribution in [3.8, 4) is 5.75 Å². The molecule has 0 saturated heterocycles. The summed E-state index contributed by atoms with van der Waals surface area (Å²) >= 11 is 0. The maximum atomic E-state index is 11.9. The summed E-state index contributed by atoms with van der Waals surface area (Å²) in [5.41, 5.74) is 5.17. The van der Waals surface area contributed by atoms with Crippen LogP contribution in [-0.2, 0) is 0 Å². The summed E-state index contributed by atoms with van der Waals surface area (Å²) in [7, 11) is 1.43. The molecule has 3 N–H and O–H groups in total. The number of carbonyl (C=O) groups is 1. The smallest absolute Gasteiger partial charge is 0.282 e. The van der Waals surface area contributed by atoms with E-state index in [-0.39, 0.29) is 29.6 Å². The van der Waals surface area contributed by atoms with Gasteiger partial charge in [-0.05, 0) is 24.6 Å². The summed E-state index contributed by atoms with van der Waals surface area (Å²) in [6.07, 6.45) is 0. The molecule has 0 saturated carbocycles. The molecule has 0 aromatic heterocycles. The number of nitrogens with zero attached hydrogens (tertiary/aromatic N) is 1. The largest absolute Gasteiger partial charge is 0.497 e. The number of methoxy groups -OCH3 is 1. The fourth-order valence-electron chi connectivity index (χ4n) is 1.43. The summed E-state index contributed by atoms with van der Waals surface area (Å²) in [6, 6.07) is 4.04. The van der Waals surface area contributed by atoms with E-state index in [1.54, 1.807) is 0 Å². The van der Waals surface area contributed by atoms with Crippen molar-refractivity contribution in [3.63, 3.8) is 0 Å².